The van der Waals surface area contributed by atoms with Gasteiger partial charge in [-0.1, -0.05) is 18.2 Å². The highest BCUT2D eigenvalue weighted by atomic mass is 16.5. The maximum Gasteiger partial charge on any atom is 0.324 e. The molecule has 4 rings (SSSR count). The minimum absolute atomic E-state index is 0.0227. The molecule has 2 aliphatic heterocycles. The van der Waals surface area contributed by atoms with Gasteiger partial charge in [0.1, 0.15) is 12.4 Å². The number of likely N-dealkylation sites (tertiary alicyclic amines) is 1. The normalized spacial score (nSPS) is 18.8. The van der Waals surface area contributed by atoms with Gasteiger partial charge < -0.3 is 15.0 Å². The summed E-state index contributed by atoms with van der Waals surface area (Å²) < 4.78 is 5.64. The number of para-hydroxylation sites is 2. The van der Waals surface area contributed by atoms with E-state index < -0.39 is 0 Å². The van der Waals surface area contributed by atoms with Crippen LogP contribution in [0.3, 0.4) is 0 Å². The Balaban J connectivity index is 1.38. The van der Waals surface area contributed by atoms with Crippen LogP contribution in [0, 0.1) is 5.92 Å². The van der Waals surface area contributed by atoms with Gasteiger partial charge in [-0.15, -0.1) is 0 Å². The van der Waals surface area contributed by atoms with Gasteiger partial charge in [-0.25, -0.2) is 4.79 Å². The summed E-state index contributed by atoms with van der Waals surface area (Å²) in [6.07, 6.45) is 3.32. The highest BCUT2D eigenvalue weighted by molar-refractivity contribution is 5.94. The van der Waals surface area contributed by atoms with E-state index in [2.05, 4.69) is 10.3 Å². The molecule has 1 atom stereocenters. The van der Waals surface area contributed by atoms with Gasteiger partial charge in [-0.3, -0.25) is 14.7 Å². The van der Waals surface area contributed by atoms with Crippen molar-refractivity contribution in [2.24, 2.45) is 5.92 Å². The van der Waals surface area contributed by atoms with E-state index in [9.17, 15) is 9.59 Å². The average Bonchev–Trinajstić information content (AvgIpc) is 2.77. The standard InChI is InChI=1S/C21H24N4O3/c26-20(23-14-17-7-3-4-10-22-17)16-6-5-11-24(15-16)21(27)25-12-13-28-19-9-2-1-8-18(19)25/h1-4,7-10,16H,5-6,11-15H2,(H,23,26). The van der Waals surface area contributed by atoms with E-state index in [1.165, 1.54) is 0 Å². The fraction of sp³-hybridized carbons (Fsp3) is 0.381. The number of hydrogen-bond donors (Lipinski definition) is 1. The summed E-state index contributed by atoms with van der Waals surface area (Å²) in [6.45, 7) is 2.50. The number of ether oxygens (including phenoxy) is 1. The smallest absolute Gasteiger partial charge is 0.324 e. The molecule has 3 heterocycles. The van der Waals surface area contributed by atoms with Crippen molar-refractivity contribution in [3.05, 3.63) is 54.4 Å². The molecule has 3 amide bonds. The van der Waals surface area contributed by atoms with Crippen LogP contribution in [0.15, 0.2) is 48.7 Å². The van der Waals surface area contributed by atoms with Gasteiger partial charge in [0.2, 0.25) is 5.91 Å². The zero-order valence-electron chi connectivity index (χ0n) is 15.7. The van der Waals surface area contributed by atoms with Crippen molar-refractivity contribution < 1.29 is 14.3 Å². The van der Waals surface area contributed by atoms with Gasteiger partial charge in [0.15, 0.2) is 0 Å². The summed E-state index contributed by atoms with van der Waals surface area (Å²) in [4.78, 5) is 33.5. The van der Waals surface area contributed by atoms with Crippen LogP contribution in [0.4, 0.5) is 10.5 Å². The van der Waals surface area contributed by atoms with Gasteiger partial charge in [-0.05, 0) is 37.1 Å². The molecule has 2 aliphatic rings. The molecule has 0 radical (unpaired) electrons. The molecular weight excluding hydrogens is 356 g/mol. The van der Waals surface area contributed by atoms with E-state index in [4.69, 9.17) is 4.74 Å². The number of carbonyl (C=O) groups is 2. The number of amides is 3. The number of hydrogen-bond acceptors (Lipinski definition) is 4. The van der Waals surface area contributed by atoms with E-state index in [0.717, 1.165) is 30.0 Å². The Morgan fingerprint density at radius 1 is 1.14 bits per heavy atom. The van der Waals surface area contributed by atoms with E-state index in [1.807, 2.05) is 42.5 Å². The van der Waals surface area contributed by atoms with Crippen molar-refractivity contribution in [1.82, 2.24) is 15.2 Å². The summed E-state index contributed by atoms with van der Waals surface area (Å²) in [5.74, 6) is 0.506. The quantitative estimate of drug-likeness (QED) is 0.887. The lowest BCUT2D eigenvalue weighted by Crippen LogP contribution is -2.52. The van der Waals surface area contributed by atoms with Crippen molar-refractivity contribution in [3.63, 3.8) is 0 Å². The fourth-order valence-electron chi connectivity index (χ4n) is 3.73. The molecule has 0 spiro atoms. The predicted molar refractivity (Wildman–Crippen MR) is 105 cm³/mol. The predicted octanol–water partition coefficient (Wildman–Crippen LogP) is 2.43. The minimum Gasteiger partial charge on any atom is -0.490 e. The largest absolute Gasteiger partial charge is 0.490 e. The van der Waals surface area contributed by atoms with E-state index in [-0.39, 0.29) is 17.9 Å². The molecule has 1 fully saturated rings. The molecule has 1 aromatic carbocycles. The molecule has 1 saturated heterocycles. The summed E-state index contributed by atoms with van der Waals surface area (Å²) >= 11 is 0. The Morgan fingerprint density at radius 2 is 2.00 bits per heavy atom. The first kappa shape index (κ1) is 18.3. The number of nitrogens with zero attached hydrogens (tertiary/aromatic N) is 3. The first-order chi connectivity index (χ1) is 13.7. The Hall–Kier alpha value is -3.09. The lowest BCUT2D eigenvalue weighted by molar-refractivity contribution is -0.126. The number of rotatable bonds is 3. The average molecular weight is 380 g/mol. The second kappa shape index (κ2) is 8.29. The molecule has 2 aromatic rings. The fourth-order valence-corrected chi connectivity index (χ4v) is 3.73. The Kier molecular flexibility index (Phi) is 5.41. The maximum atomic E-state index is 13.1. The number of pyridine rings is 1. The van der Waals surface area contributed by atoms with E-state index in [0.29, 0.717) is 32.8 Å². The lowest BCUT2D eigenvalue weighted by Gasteiger charge is -2.37. The van der Waals surface area contributed by atoms with Crippen molar-refractivity contribution >= 4 is 17.6 Å². The molecule has 0 saturated carbocycles. The maximum absolute atomic E-state index is 13.1. The van der Waals surface area contributed by atoms with Crippen LogP contribution >= 0.6 is 0 Å². The summed E-state index contributed by atoms with van der Waals surface area (Å²) in [7, 11) is 0. The number of fused-ring (bicyclic) bond motifs is 1. The molecule has 146 valence electrons. The Morgan fingerprint density at radius 3 is 2.86 bits per heavy atom. The topological polar surface area (TPSA) is 74.8 Å². The van der Waals surface area contributed by atoms with Crippen molar-refractivity contribution in [2.45, 2.75) is 19.4 Å². The third kappa shape index (κ3) is 3.93. The van der Waals surface area contributed by atoms with Gasteiger partial charge in [-0.2, -0.15) is 0 Å². The van der Waals surface area contributed by atoms with Gasteiger partial charge >= 0.3 is 6.03 Å². The summed E-state index contributed by atoms with van der Waals surface area (Å²) in [5, 5.41) is 2.95. The second-order valence-electron chi connectivity index (χ2n) is 7.07. The van der Waals surface area contributed by atoms with Crippen molar-refractivity contribution in [2.75, 3.05) is 31.1 Å². The van der Waals surface area contributed by atoms with Gasteiger partial charge in [0.25, 0.3) is 0 Å². The van der Waals surface area contributed by atoms with Gasteiger partial charge in [0.05, 0.1) is 30.4 Å². The molecule has 7 nitrogen and oxygen atoms in total. The lowest BCUT2D eigenvalue weighted by atomic mass is 9.97. The number of aromatic nitrogens is 1. The Labute approximate surface area is 164 Å². The zero-order valence-corrected chi connectivity index (χ0v) is 15.7. The summed E-state index contributed by atoms with van der Waals surface area (Å²) in [6, 6.07) is 13.1. The van der Waals surface area contributed by atoms with Crippen LogP contribution < -0.4 is 15.0 Å². The van der Waals surface area contributed by atoms with Crippen LogP contribution in [0.5, 0.6) is 5.75 Å². The van der Waals surface area contributed by atoms with Crippen LogP contribution in [0.1, 0.15) is 18.5 Å². The molecule has 28 heavy (non-hydrogen) atoms. The number of piperidine rings is 1. The molecular formula is C21H24N4O3. The van der Waals surface area contributed by atoms with Crippen molar-refractivity contribution in [1.29, 1.82) is 0 Å². The molecule has 1 aromatic heterocycles. The van der Waals surface area contributed by atoms with E-state index in [1.54, 1.807) is 16.0 Å². The van der Waals surface area contributed by atoms with Crippen LogP contribution in [0.25, 0.3) is 0 Å². The molecule has 1 N–H and O–H groups in total. The zero-order chi connectivity index (χ0) is 19.3. The number of benzene rings is 1. The first-order valence-electron chi connectivity index (χ1n) is 9.68. The van der Waals surface area contributed by atoms with Gasteiger partial charge in [0, 0.05) is 19.3 Å². The third-order valence-electron chi connectivity index (χ3n) is 5.19. The Bertz CT molecular complexity index is 843. The van der Waals surface area contributed by atoms with Crippen LogP contribution in [0.2, 0.25) is 0 Å². The summed E-state index contributed by atoms with van der Waals surface area (Å²) in [5.41, 5.74) is 1.62. The number of carbonyl (C=O) groups excluding carboxylic acids is 2. The van der Waals surface area contributed by atoms with Crippen molar-refractivity contribution in [3.8, 4) is 5.75 Å². The first-order valence-corrected chi connectivity index (χ1v) is 9.68. The molecule has 0 aliphatic carbocycles. The van der Waals surface area contributed by atoms with E-state index >= 15 is 0 Å². The molecule has 7 heteroatoms. The molecule has 1 unspecified atom stereocenters. The third-order valence-corrected chi connectivity index (χ3v) is 5.19. The highest BCUT2D eigenvalue weighted by Gasteiger charge is 2.33. The highest BCUT2D eigenvalue weighted by Crippen LogP contribution is 2.32. The van der Waals surface area contributed by atoms with Crippen LogP contribution in [-0.4, -0.2) is 48.1 Å². The number of nitrogens with one attached hydrogen (secondary N) is 1. The molecule has 0 bridgehead atoms. The SMILES string of the molecule is O=C(NCc1ccccn1)C1CCCN(C(=O)N2CCOc3ccccc32)C1. The number of urea groups is 1. The monoisotopic (exact) mass is 380 g/mol. The minimum atomic E-state index is -0.197. The second-order valence-corrected chi connectivity index (χ2v) is 7.07. The number of anilines is 1. The van der Waals surface area contributed by atoms with Crippen LogP contribution in [-0.2, 0) is 11.3 Å².